The molecule has 4 aromatic rings. The molecule has 0 saturated carbocycles. The van der Waals surface area contributed by atoms with Gasteiger partial charge in [-0.05, 0) is 44.0 Å². The predicted molar refractivity (Wildman–Crippen MR) is 111 cm³/mol. The third-order valence-corrected chi connectivity index (χ3v) is 5.13. The van der Waals surface area contributed by atoms with Gasteiger partial charge in [-0.2, -0.15) is 0 Å². The Morgan fingerprint density at radius 3 is 2.52 bits per heavy atom. The van der Waals surface area contributed by atoms with E-state index in [0.29, 0.717) is 22.6 Å². The van der Waals surface area contributed by atoms with Gasteiger partial charge >= 0.3 is 0 Å². The summed E-state index contributed by atoms with van der Waals surface area (Å²) in [7, 11) is 0. The Hall–Kier alpha value is -3.06. The molecule has 0 aliphatic rings. The van der Waals surface area contributed by atoms with Crippen molar-refractivity contribution in [3.8, 4) is 11.3 Å². The molecule has 8 heteroatoms. The van der Waals surface area contributed by atoms with Gasteiger partial charge in [-0.3, -0.25) is 14.3 Å². The van der Waals surface area contributed by atoms with Crippen LogP contribution in [0.4, 0.5) is 0 Å². The molecular formula is C21H20ClN5O2. The van der Waals surface area contributed by atoms with Crippen molar-refractivity contribution in [2.24, 2.45) is 5.92 Å². The van der Waals surface area contributed by atoms with Crippen LogP contribution in [-0.4, -0.2) is 24.7 Å². The minimum Gasteiger partial charge on any atom is -0.361 e. The zero-order valence-electron chi connectivity index (χ0n) is 16.5. The lowest BCUT2D eigenvalue weighted by molar-refractivity contribution is 0.393. The van der Waals surface area contributed by atoms with Crippen molar-refractivity contribution in [3.63, 3.8) is 0 Å². The first-order chi connectivity index (χ1) is 13.9. The van der Waals surface area contributed by atoms with E-state index in [1.807, 2.05) is 52.0 Å². The summed E-state index contributed by atoms with van der Waals surface area (Å²) in [5, 5.41) is 3.92. The van der Waals surface area contributed by atoms with Crippen molar-refractivity contribution in [1.82, 2.24) is 24.7 Å². The highest BCUT2D eigenvalue weighted by Crippen LogP contribution is 2.30. The molecule has 0 fully saturated rings. The van der Waals surface area contributed by atoms with Gasteiger partial charge < -0.3 is 4.52 Å². The van der Waals surface area contributed by atoms with E-state index in [2.05, 4.69) is 15.1 Å². The maximum atomic E-state index is 13.1. The van der Waals surface area contributed by atoms with E-state index in [-0.39, 0.29) is 17.1 Å². The van der Waals surface area contributed by atoms with Crippen LogP contribution in [0, 0.1) is 19.8 Å². The average molecular weight is 410 g/mol. The first kappa shape index (κ1) is 19.3. The van der Waals surface area contributed by atoms with Gasteiger partial charge in [-0.1, -0.05) is 36.7 Å². The van der Waals surface area contributed by atoms with Gasteiger partial charge in [0.1, 0.15) is 11.3 Å². The molecule has 0 unspecified atom stereocenters. The molecule has 0 saturated heterocycles. The standard InChI is InChI=1S/C21H20ClN5O2/c1-11(2)18(15-7-5-6-10-23-15)27-20-16(24-19(22)21(27)28)9-8-14(25-20)17-12(3)26-29-13(17)4/h5-11,18H,1-4H3/t18-/m0/s1. The van der Waals surface area contributed by atoms with E-state index < -0.39 is 5.56 Å². The fourth-order valence-electron chi connectivity index (χ4n) is 3.62. The van der Waals surface area contributed by atoms with Crippen LogP contribution in [-0.2, 0) is 0 Å². The topological polar surface area (TPSA) is 86.7 Å². The van der Waals surface area contributed by atoms with E-state index >= 15 is 0 Å². The Morgan fingerprint density at radius 2 is 1.90 bits per heavy atom. The van der Waals surface area contributed by atoms with Crippen LogP contribution in [0.1, 0.15) is 37.0 Å². The predicted octanol–water partition coefficient (Wildman–Crippen LogP) is 4.36. The van der Waals surface area contributed by atoms with Crippen LogP contribution in [0.2, 0.25) is 5.15 Å². The maximum Gasteiger partial charge on any atom is 0.290 e. The molecule has 1 atom stereocenters. The Balaban J connectivity index is 2.05. The molecule has 29 heavy (non-hydrogen) atoms. The van der Waals surface area contributed by atoms with E-state index in [1.165, 1.54) is 0 Å². The molecular weight excluding hydrogens is 390 g/mol. The minimum absolute atomic E-state index is 0.0637. The third-order valence-electron chi connectivity index (χ3n) is 4.89. The highest BCUT2D eigenvalue weighted by molar-refractivity contribution is 6.29. The molecule has 4 rings (SSSR count). The van der Waals surface area contributed by atoms with Gasteiger partial charge in [0.05, 0.1) is 28.7 Å². The van der Waals surface area contributed by atoms with Crippen LogP contribution in [0.5, 0.6) is 0 Å². The second-order valence-corrected chi connectivity index (χ2v) is 7.62. The number of fused-ring (bicyclic) bond motifs is 1. The SMILES string of the molecule is Cc1noc(C)c1-c1ccc2nc(Cl)c(=O)n([C@H](c3ccccn3)C(C)C)c2n1. The van der Waals surface area contributed by atoms with Gasteiger partial charge in [-0.15, -0.1) is 0 Å². The molecule has 0 spiro atoms. The van der Waals surface area contributed by atoms with Gasteiger partial charge in [0.15, 0.2) is 10.8 Å². The number of aromatic nitrogens is 5. The molecule has 0 aromatic carbocycles. The summed E-state index contributed by atoms with van der Waals surface area (Å²) in [6.45, 7) is 7.75. The smallest absolute Gasteiger partial charge is 0.290 e. The molecule has 0 aliphatic heterocycles. The van der Waals surface area contributed by atoms with Gasteiger partial charge in [0, 0.05) is 6.20 Å². The average Bonchev–Trinajstić information content (AvgIpc) is 3.04. The molecule has 4 heterocycles. The van der Waals surface area contributed by atoms with Crippen LogP contribution >= 0.6 is 11.6 Å². The fraction of sp³-hybridized carbons (Fsp3) is 0.286. The first-order valence-electron chi connectivity index (χ1n) is 9.31. The van der Waals surface area contributed by atoms with E-state index in [0.717, 1.165) is 17.0 Å². The molecule has 0 amide bonds. The molecule has 0 bridgehead atoms. The van der Waals surface area contributed by atoms with E-state index in [1.54, 1.807) is 16.8 Å². The first-order valence-corrected chi connectivity index (χ1v) is 9.69. The highest BCUT2D eigenvalue weighted by Gasteiger charge is 2.25. The van der Waals surface area contributed by atoms with Crippen molar-refractivity contribution in [2.75, 3.05) is 0 Å². The Morgan fingerprint density at radius 1 is 1.10 bits per heavy atom. The Labute approximate surface area is 172 Å². The van der Waals surface area contributed by atoms with Crippen molar-refractivity contribution in [1.29, 1.82) is 0 Å². The summed E-state index contributed by atoms with van der Waals surface area (Å²) in [6.07, 6.45) is 1.71. The van der Waals surface area contributed by atoms with Gasteiger partial charge in [0.2, 0.25) is 0 Å². The molecule has 148 valence electrons. The molecule has 0 N–H and O–H groups in total. The van der Waals surface area contributed by atoms with E-state index in [9.17, 15) is 4.79 Å². The van der Waals surface area contributed by atoms with Crippen LogP contribution in [0.3, 0.4) is 0 Å². The zero-order chi connectivity index (χ0) is 20.7. The highest BCUT2D eigenvalue weighted by atomic mass is 35.5. The van der Waals surface area contributed by atoms with Crippen molar-refractivity contribution in [2.45, 2.75) is 33.7 Å². The number of rotatable bonds is 4. The lowest BCUT2D eigenvalue weighted by atomic mass is 9.99. The fourth-order valence-corrected chi connectivity index (χ4v) is 3.81. The number of aryl methyl sites for hydroxylation is 2. The summed E-state index contributed by atoms with van der Waals surface area (Å²) < 4.78 is 6.88. The zero-order valence-corrected chi connectivity index (χ0v) is 17.3. The van der Waals surface area contributed by atoms with Crippen LogP contribution in [0.15, 0.2) is 45.8 Å². The number of pyridine rings is 2. The summed E-state index contributed by atoms with van der Waals surface area (Å²) in [5.41, 5.74) is 3.54. The lowest BCUT2D eigenvalue weighted by Gasteiger charge is -2.24. The number of hydrogen-bond donors (Lipinski definition) is 0. The Bertz CT molecular complexity index is 1230. The molecule has 7 nitrogen and oxygen atoms in total. The maximum absolute atomic E-state index is 13.1. The number of hydrogen-bond acceptors (Lipinski definition) is 6. The second-order valence-electron chi connectivity index (χ2n) is 7.26. The molecule has 0 radical (unpaired) electrons. The Kier molecular flexibility index (Phi) is 4.92. The van der Waals surface area contributed by atoms with Gasteiger partial charge in [-0.25, -0.2) is 9.97 Å². The second kappa shape index (κ2) is 7.40. The minimum atomic E-state index is -0.396. The van der Waals surface area contributed by atoms with Crippen molar-refractivity contribution in [3.05, 3.63) is 69.2 Å². The monoisotopic (exact) mass is 409 g/mol. The normalized spacial score (nSPS) is 12.6. The van der Waals surface area contributed by atoms with E-state index in [4.69, 9.17) is 21.1 Å². The summed E-state index contributed by atoms with van der Waals surface area (Å²) >= 11 is 6.20. The number of nitrogens with zero attached hydrogens (tertiary/aromatic N) is 5. The molecule has 4 aromatic heterocycles. The van der Waals surface area contributed by atoms with Crippen molar-refractivity contribution >= 4 is 22.8 Å². The van der Waals surface area contributed by atoms with Gasteiger partial charge in [0.25, 0.3) is 5.56 Å². The van der Waals surface area contributed by atoms with Crippen LogP contribution < -0.4 is 5.56 Å². The summed E-state index contributed by atoms with van der Waals surface area (Å²) in [6, 6.07) is 8.93. The third kappa shape index (κ3) is 3.31. The largest absolute Gasteiger partial charge is 0.361 e. The molecule has 0 aliphatic carbocycles. The van der Waals surface area contributed by atoms with Crippen molar-refractivity contribution < 1.29 is 4.52 Å². The number of halogens is 1. The van der Waals surface area contributed by atoms with Crippen LogP contribution in [0.25, 0.3) is 22.4 Å². The summed E-state index contributed by atoms with van der Waals surface area (Å²) in [5.74, 6) is 0.726. The lowest BCUT2D eigenvalue weighted by Crippen LogP contribution is -2.31. The summed E-state index contributed by atoms with van der Waals surface area (Å²) in [4.78, 5) is 26.6. The quantitative estimate of drug-likeness (QED) is 0.497.